The van der Waals surface area contributed by atoms with Gasteiger partial charge in [0.2, 0.25) is 0 Å². The molecule has 4 aliphatic carbocycles. The quantitative estimate of drug-likeness (QED) is 0.642. The highest BCUT2D eigenvalue weighted by Crippen LogP contribution is 2.64. The van der Waals surface area contributed by atoms with Gasteiger partial charge in [0, 0.05) is 6.04 Å². The topological polar surface area (TPSA) is 66.5 Å². The lowest BCUT2D eigenvalue weighted by Crippen LogP contribution is -2.57. The third-order valence-corrected chi connectivity index (χ3v) is 7.92. The van der Waals surface area contributed by atoms with Crippen LogP contribution >= 0.6 is 0 Å². The van der Waals surface area contributed by atoms with Crippen molar-refractivity contribution >= 4 is 0 Å². The summed E-state index contributed by atoms with van der Waals surface area (Å²) in [6, 6.07) is -0.406. The normalized spacial score (nSPS) is 58.1. The molecule has 23 heavy (non-hydrogen) atoms. The van der Waals surface area contributed by atoms with Gasteiger partial charge in [-0.3, -0.25) is 0 Å². The van der Waals surface area contributed by atoms with Crippen molar-refractivity contribution in [1.29, 1.82) is 0 Å². The molecule has 4 heteroatoms. The van der Waals surface area contributed by atoms with Gasteiger partial charge in [0.25, 0.3) is 0 Å². The molecule has 4 N–H and O–H groups in total. The van der Waals surface area contributed by atoms with Crippen LogP contribution in [0.2, 0.25) is 0 Å². The Balaban J connectivity index is 1.73. The highest BCUT2D eigenvalue weighted by Gasteiger charge is 2.63. The molecule has 4 aliphatic rings. The molecule has 3 fully saturated rings. The summed E-state index contributed by atoms with van der Waals surface area (Å²) in [4.78, 5) is 0. The minimum atomic E-state index is -0.952. The summed E-state index contributed by atoms with van der Waals surface area (Å²) in [5.74, 6) is 1.05. The van der Waals surface area contributed by atoms with Crippen molar-refractivity contribution in [1.82, 2.24) is 0 Å². The van der Waals surface area contributed by atoms with Gasteiger partial charge in [0.05, 0.1) is 6.10 Å². The van der Waals surface area contributed by atoms with Crippen molar-refractivity contribution in [3.63, 3.8) is 0 Å². The number of aliphatic hydroxyl groups excluding tert-OH is 2. The predicted molar refractivity (Wildman–Crippen MR) is 87.4 cm³/mol. The lowest BCUT2D eigenvalue weighted by molar-refractivity contribution is -0.124. The first-order chi connectivity index (χ1) is 10.8. The molecule has 3 saturated carbocycles. The van der Waals surface area contributed by atoms with E-state index in [4.69, 9.17) is 5.73 Å². The van der Waals surface area contributed by atoms with Gasteiger partial charge in [-0.25, -0.2) is 4.39 Å². The van der Waals surface area contributed by atoms with Crippen LogP contribution in [0.4, 0.5) is 4.39 Å². The van der Waals surface area contributed by atoms with Gasteiger partial charge in [-0.2, -0.15) is 0 Å². The molecule has 0 aromatic rings. The van der Waals surface area contributed by atoms with E-state index in [1.165, 1.54) is 0 Å². The van der Waals surface area contributed by atoms with Crippen molar-refractivity contribution in [3.8, 4) is 0 Å². The first-order valence-electron chi connectivity index (χ1n) is 8.95. The summed E-state index contributed by atoms with van der Waals surface area (Å²) in [6.45, 7) is 4.37. The van der Waals surface area contributed by atoms with E-state index in [9.17, 15) is 14.6 Å². The maximum absolute atomic E-state index is 14.4. The van der Waals surface area contributed by atoms with Crippen molar-refractivity contribution < 1.29 is 14.6 Å². The molecule has 0 unspecified atom stereocenters. The van der Waals surface area contributed by atoms with Crippen LogP contribution in [0.1, 0.15) is 39.5 Å². The Bertz CT molecular complexity index is 576. The largest absolute Gasteiger partial charge is 0.508 e. The predicted octanol–water partition coefficient (Wildman–Crippen LogP) is 3.10. The van der Waals surface area contributed by atoms with Gasteiger partial charge >= 0.3 is 0 Å². The van der Waals surface area contributed by atoms with Crippen LogP contribution in [0.3, 0.4) is 0 Å². The maximum Gasteiger partial charge on any atom is 0.116 e. The van der Waals surface area contributed by atoms with E-state index >= 15 is 0 Å². The van der Waals surface area contributed by atoms with E-state index in [0.29, 0.717) is 24.5 Å². The van der Waals surface area contributed by atoms with E-state index in [1.54, 1.807) is 6.08 Å². The van der Waals surface area contributed by atoms with Gasteiger partial charge in [0.1, 0.15) is 11.9 Å². The van der Waals surface area contributed by atoms with E-state index in [2.05, 4.69) is 19.9 Å². The molecule has 0 saturated heterocycles. The first kappa shape index (κ1) is 15.6. The lowest BCUT2D eigenvalue weighted by Gasteiger charge is -2.59. The average Bonchev–Trinajstić information content (AvgIpc) is 2.73. The number of hydrogen-bond donors (Lipinski definition) is 3. The summed E-state index contributed by atoms with van der Waals surface area (Å²) in [6.07, 6.45) is 7.46. The number of alkyl halides is 1. The molecular weight excluding hydrogens is 293 g/mol. The Labute approximate surface area is 137 Å². The summed E-state index contributed by atoms with van der Waals surface area (Å²) in [5.41, 5.74) is 5.95. The Kier molecular flexibility index (Phi) is 3.28. The Morgan fingerprint density at radius 1 is 1.26 bits per heavy atom. The third-order valence-electron chi connectivity index (χ3n) is 7.92. The molecule has 0 spiro atoms. The van der Waals surface area contributed by atoms with E-state index in [0.717, 1.165) is 12.8 Å². The first-order valence-corrected chi connectivity index (χ1v) is 8.95. The van der Waals surface area contributed by atoms with E-state index in [-0.39, 0.29) is 28.6 Å². The lowest BCUT2D eigenvalue weighted by atomic mass is 9.46. The second-order valence-electron chi connectivity index (χ2n) is 8.81. The monoisotopic (exact) mass is 321 g/mol. The second-order valence-corrected chi connectivity index (χ2v) is 8.81. The van der Waals surface area contributed by atoms with Crippen LogP contribution < -0.4 is 5.73 Å². The highest BCUT2D eigenvalue weighted by atomic mass is 19.1. The zero-order valence-electron chi connectivity index (χ0n) is 14.0. The van der Waals surface area contributed by atoms with Gasteiger partial charge < -0.3 is 15.9 Å². The van der Waals surface area contributed by atoms with Gasteiger partial charge in [-0.15, -0.1) is 0 Å². The van der Waals surface area contributed by atoms with E-state index in [1.807, 2.05) is 6.08 Å². The molecule has 3 nitrogen and oxygen atoms in total. The van der Waals surface area contributed by atoms with Crippen molar-refractivity contribution in [3.05, 3.63) is 24.0 Å². The second kappa shape index (κ2) is 4.82. The minimum absolute atomic E-state index is 0.0596. The maximum atomic E-state index is 14.4. The molecule has 4 rings (SSSR count). The smallest absolute Gasteiger partial charge is 0.116 e. The number of halogens is 1. The van der Waals surface area contributed by atoms with Crippen LogP contribution in [-0.2, 0) is 0 Å². The van der Waals surface area contributed by atoms with Crippen molar-refractivity contribution in [2.45, 2.75) is 57.8 Å². The number of rotatable bonds is 0. The SMILES string of the molecule is C[C@]12C=CC(O)=C[C@H]1C[C@H](O)[C@@H]1[C@@H]2CC[C@]2(C)[C@@H](N)[C@H](F)C[C@@H]12. The molecule has 0 aliphatic heterocycles. The highest BCUT2D eigenvalue weighted by molar-refractivity contribution is 5.28. The molecule has 128 valence electrons. The Morgan fingerprint density at radius 2 is 2.00 bits per heavy atom. The van der Waals surface area contributed by atoms with Gasteiger partial charge in [-0.05, 0) is 72.3 Å². The van der Waals surface area contributed by atoms with Crippen molar-refractivity contribution in [2.75, 3.05) is 0 Å². The summed E-state index contributed by atoms with van der Waals surface area (Å²) < 4.78 is 14.4. The number of allylic oxidation sites excluding steroid dienone is 3. The molecule has 0 radical (unpaired) electrons. The minimum Gasteiger partial charge on any atom is -0.508 e. The third kappa shape index (κ3) is 1.94. The van der Waals surface area contributed by atoms with Crippen molar-refractivity contribution in [2.24, 2.45) is 40.2 Å². The molecule has 9 atom stereocenters. The standard InChI is InChI=1S/C19H28FNO2/c1-18-5-3-11(22)7-10(18)8-15(23)16-12(18)4-6-19(2)13(16)9-14(20)17(19)21/h3,5,7,10,12-17,22-23H,4,6,8-9,21H2,1-2H3/t10-,12-,13-,14+,15-,16+,17-,18-,19-/m0/s1. The Morgan fingerprint density at radius 3 is 2.74 bits per heavy atom. The average molecular weight is 321 g/mol. The number of nitrogens with two attached hydrogens (primary N) is 1. The zero-order valence-corrected chi connectivity index (χ0v) is 14.0. The molecule has 0 amide bonds. The Hall–Kier alpha value is -0.870. The summed E-state index contributed by atoms with van der Waals surface area (Å²) in [5, 5.41) is 20.7. The molecular formula is C19H28FNO2. The number of fused-ring (bicyclic) bond motifs is 5. The summed E-state index contributed by atoms with van der Waals surface area (Å²) >= 11 is 0. The summed E-state index contributed by atoms with van der Waals surface area (Å²) in [7, 11) is 0. The number of aliphatic hydroxyl groups is 2. The van der Waals surface area contributed by atoms with Crippen LogP contribution in [0.5, 0.6) is 0 Å². The molecule has 0 aromatic heterocycles. The molecule has 0 heterocycles. The van der Waals surface area contributed by atoms with Gasteiger partial charge in [-0.1, -0.05) is 19.9 Å². The number of hydrogen-bond acceptors (Lipinski definition) is 3. The fraction of sp³-hybridized carbons (Fsp3) is 0.789. The van der Waals surface area contributed by atoms with Crippen LogP contribution in [-0.4, -0.2) is 28.5 Å². The van der Waals surface area contributed by atoms with E-state index < -0.39 is 18.3 Å². The molecule has 0 aromatic carbocycles. The van der Waals surface area contributed by atoms with Crippen LogP contribution in [0.25, 0.3) is 0 Å². The molecule has 0 bridgehead atoms. The van der Waals surface area contributed by atoms with Gasteiger partial charge in [0.15, 0.2) is 0 Å². The van der Waals surface area contributed by atoms with Crippen LogP contribution in [0.15, 0.2) is 24.0 Å². The fourth-order valence-corrected chi connectivity index (χ4v) is 6.44. The van der Waals surface area contributed by atoms with Crippen LogP contribution in [0, 0.1) is 34.5 Å². The fourth-order valence-electron chi connectivity index (χ4n) is 6.44. The zero-order chi connectivity index (χ0) is 16.6.